The number of nitrogens with zero attached hydrogens (tertiary/aromatic N) is 2. The van der Waals surface area contributed by atoms with E-state index in [1.54, 1.807) is 14.2 Å². The number of halogens is 1. The van der Waals surface area contributed by atoms with Gasteiger partial charge in [-0.3, -0.25) is 4.40 Å². The molecule has 0 aliphatic rings. The summed E-state index contributed by atoms with van der Waals surface area (Å²) < 4.78 is 12.7. The molecule has 3 aromatic rings. The highest BCUT2D eigenvalue weighted by Gasteiger charge is 2.17. The van der Waals surface area contributed by atoms with Gasteiger partial charge in [0.2, 0.25) is 0 Å². The molecule has 0 atom stereocenters. The van der Waals surface area contributed by atoms with E-state index in [-0.39, 0.29) is 6.04 Å². The molecule has 0 aliphatic heterocycles. The second kappa shape index (κ2) is 6.61. The van der Waals surface area contributed by atoms with Crippen molar-refractivity contribution < 1.29 is 9.47 Å². The molecule has 0 radical (unpaired) electrons. The number of ether oxygens (including phenoxy) is 2. The van der Waals surface area contributed by atoms with E-state index in [0.717, 1.165) is 22.7 Å². The number of benzene rings is 1. The predicted molar refractivity (Wildman–Crippen MR) is 97.5 cm³/mol. The molecule has 0 saturated carbocycles. The molecule has 24 heavy (non-hydrogen) atoms. The Labute approximate surface area is 146 Å². The second-order valence-corrected chi connectivity index (χ2v) is 6.19. The largest absolute Gasteiger partial charge is 0.493 e. The van der Waals surface area contributed by atoms with Crippen LogP contribution >= 0.6 is 11.6 Å². The van der Waals surface area contributed by atoms with Gasteiger partial charge in [-0.15, -0.1) is 0 Å². The summed E-state index contributed by atoms with van der Waals surface area (Å²) in [5.74, 6) is 2.25. The summed E-state index contributed by atoms with van der Waals surface area (Å²) in [7, 11) is 3.24. The number of aromatic nitrogens is 2. The highest BCUT2D eigenvalue weighted by Crippen LogP contribution is 2.36. The summed E-state index contributed by atoms with van der Waals surface area (Å²) in [6.45, 7) is 4.17. The molecule has 0 unspecified atom stereocenters. The fourth-order valence-electron chi connectivity index (χ4n) is 2.61. The third-order valence-corrected chi connectivity index (χ3v) is 3.89. The lowest BCUT2D eigenvalue weighted by Crippen LogP contribution is -2.12. The predicted octanol–water partition coefficient (Wildman–Crippen LogP) is 4.49. The first-order chi connectivity index (χ1) is 11.5. The van der Waals surface area contributed by atoms with Crippen molar-refractivity contribution in [3.8, 4) is 22.8 Å². The first-order valence-electron chi connectivity index (χ1n) is 7.70. The summed E-state index contributed by atoms with van der Waals surface area (Å²) in [5, 5.41) is 4.12. The topological polar surface area (TPSA) is 47.8 Å². The molecule has 0 saturated heterocycles. The summed E-state index contributed by atoms with van der Waals surface area (Å²) in [6, 6.07) is 9.76. The summed E-state index contributed by atoms with van der Waals surface area (Å²) in [4.78, 5) is 4.75. The minimum Gasteiger partial charge on any atom is -0.493 e. The molecule has 1 N–H and O–H groups in total. The molecule has 1 aromatic carbocycles. The Kier molecular flexibility index (Phi) is 4.53. The maximum atomic E-state index is 6.16. The van der Waals surface area contributed by atoms with Gasteiger partial charge >= 0.3 is 0 Å². The van der Waals surface area contributed by atoms with Crippen LogP contribution in [-0.2, 0) is 0 Å². The molecular weight excluding hydrogens is 326 g/mol. The Bertz CT molecular complexity index is 874. The van der Waals surface area contributed by atoms with Crippen LogP contribution in [0.25, 0.3) is 16.9 Å². The normalized spacial score (nSPS) is 11.1. The van der Waals surface area contributed by atoms with Crippen molar-refractivity contribution in [3.05, 3.63) is 41.6 Å². The Hall–Kier alpha value is -2.40. The van der Waals surface area contributed by atoms with Gasteiger partial charge in [0, 0.05) is 17.8 Å². The van der Waals surface area contributed by atoms with Crippen LogP contribution in [0, 0.1) is 0 Å². The van der Waals surface area contributed by atoms with E-state index in [1.807, 2.05) is 40.9 Å². The van der Waals surface area contributed by atoms with Gasteiger partial charge in [-0.2, -0.15) is 0 Å². The highest BCUT2D eigenvalue weighted by molar-refractivity contribution is 6.30. The van der Waals surface area contributed by atoms with E-state index in [0.29, 0.717) is 16.5 Å². The first kappa shape index (κ1) is 16.5. The number of fused-ring (bicyclic) bond motifs is 1. The lowest BCUT2D eigenvalue weighted by Gasteiger charge is -2.13. The van der Waals surface area contributed by atoms with Crippen LogP contribution in [0.1, 0.15) is 13.8 Å². The van der Waals surface area contributed by atoms with Crippen molar-refractivity contribution >= 4 is 23.1 Å². The van der Waals surface area contributed by atoms with E-state index in [9.17, 15) is 0 Å². The fraction of sp³-hybridized carbons (Fsp3) is 0.278. The number of imidazole rings is 1. The van der Waals surface area contributed by atoms with Gasteiger partial charge in [-0.25, -0.2) is 4.98 Å². The van der Waals surface area contributed by atoms with Crippen molar-refractivity contribution in [1.29, 1.82) is 0 Å². The Morgan fingerprint density at radius 3 is 2.50 bits per heavy atom. The van der Waals surface area contributed by atoms with Gasteiger partial charge in [-0.1, -0.05) is 11.6 Å². The smallest absolute Gasteiger partial charge is 0.161 e. The molecule has 0 fully saturated rings. The maximum Gasteiger partial charge on any atom is 0.161 e. The number of nitrogens with one attached hydrogen (secondary N) is 1. The number of rotatable bonds is 5. The Balaban J connectivity index is 2.21. The van der Waals surface area contributed by atoms with E-state index < -0.39 is 0 Å². The van der Waals surface area contributed by atoms with Crippen LogP contribution in [0.2, 0.25) is 5.02 Å². The number of methoxy groups -OCH3 is 2. The van der Waals surface area contributed by atoms with Crippen molar-refractivity contribution in [2.75, 3.05) is 19.5 Å². The van der Waals surface area contributed by atoms with Gasteiger partial charge in [0.15, 0.2) is 11.5 Å². The monoisotopic (exact) mass is 345 g/mol. The average Bonchev–Trinajstić information content (AvgIpc) is 2.91. The quantitative estimate of drug-likeness (QED) is 0.740. The van der Waals surface area contributed by atoms with Crippen molar-refractivity contribution in [1.82, 2.24) is 9.38 Å². The molecule has 0 bridgehead atoms. The lowest BCUT2D eigenvalue weighted by atomic mass is 10.1. The molecule has 2 heterocycles. The lowest BCUT2D eigenvalue weighted by molar-refractivity contribution is 0.355. The molecule has 5 nitrogen and oxygen atoms in total. The average molecular weight is 346 g/mol. The molecule has 126 valence electrons. The molecule has 6 heteroatoms. The number of hydrogen-bond acceptors (Lipinski definition) is 4. The zero-order chi connectivity index (χ0) is 17.3. The SMILES string of the molecule is COc1ccc(-c2nc3ccc(Cl)cn3c2NC(C)C)cc1OC. The second-order valence-electron chi connectivity index (χ2n) is 5.75. The molecule has 2 aromatic heterocycles. The van der Waals surface area contributed by atoms with Crippen LogP contribution in [0.5, 0.6) is 11.5 Å². The highest BCUT2D eigenvalue weighted by atomic mass is 35.5. The van der Waals surface area contributed by atoms with Gasteiger partial charge in [0.1, 0.15) is 17.2 Å². The van der Waals surface area contributed by atoms with Crippen LogP contribution in [0.4, 0.5) is 5.82 Å². The standard InChI is InChI=1S/C18H20ClN3O2/c1-11(2)20-18-17(21-16-8-6-13(19)10-22(16)18)12-5-7-14(23-3)15(9-12)24-4/h5-11,20H,1-4H3. The number of anilines is 1. The van der Waals surface area contributed by atoms with Crippen molar-refractivity contribution in [2.24, 2.45) is 0 Å². The number of pyridine rings is 1. The van der Waals surface area contributed by atoms with Crippen LogP contribution in [-0.4, -0.2) is 29.6 Å². The summed E-state index contributed by atoms with van der Waals surface area (Å²) in [5.41, 5.74) is 2.61. The number of hydrogen-bond donors (Lipinski definition) is 1. The summed E-state index contributed by atoms with van der Waals surface area (Å²) in [6.07, 6.45) is 1.86. The van der Waals surface area contributed by atoms with E-state index >= 15 is 0 Å². The van der Waals surface area contributed by atoms with Gasteiger partial charge < -0.3 is 14.8 Å². The minimum atomic E-state index is 0.253. The van der Waals surface area contributed by atoms with Crippen molar-refractivity contribution in [3.63, 3.8) is 0 Å². The molecule has 0 amide bonds. The molecule has 0 spiro atoms. The zero-order valence-corrected chi connectivity index (χ0v) is 14.9. The van der Waals surface area contributed by atoms with Crippen LogP contribution in [0.3, 0.4) is 0 Å². The molecular formula is C18H20ClN3O2. The third kappa shape index (κ3) is 2.99. The minimum absolute atomic E-state index is 0.253. The maximum absolute atomic E-state index is 6.16. The van der Waals surface area contributed by atoms with Crippen LogP contribution in [0.15, 0.2) is 36.5 Å². The Morgan fingerprint density at radius 2 is 1.83 bits per heavy atom. The van der Waals surface area contributed by atoms with E-state index in [1.165, 1.54) is 0 Å². The zero-order valence-electron chi connectivity index (χ0n) is 14.1. The van der Waals surface area contributed by atoms with E-state index in [2.05, 4.69) is 19.2 Å². The molecule has 0 aliphatic carbocycles. The Morgan fingerprint density at radius 1 is 1.08 bits per heavy atom. The van der Waals surface area contributed by atoms with Gasteiger partial charge in [0.25, 0.3) is 0 Å². The van der Waals surface area contributed by atoms with Crippen molar-refractivity contribution in [2.45, 2.75) is 19.9 Å². The van der Waals surface area contributed by atoms with Crippen LogP contribution < -0.4 is 14.8 Å². The fourth-order valence-corrected chi connectivity index (χ4v) is 2.78. The van der Waals surface area contributed by atoms with Gasteiger partial charge in [-0.05, 0) is 44.2 Å². The van der Waals surface area contributed by atoms with Gasteiger partial charge in [0.05, 0.1) is 19.2 Å². The molecule has 3 rings (SSSR count). The van der Waals surface area contributed by atoms with E-state index in [4.69, 9.17) is 26.1 Å². The summed E-state index contributed by atoms with van der Waals surface area (Å²) >= 11 is 6.16. The third-order valence-electron chi connectivity index (χ3n) is 3.66. The first-order valence-corrected chi connectivity index (χ1v) is 8.08.